The number of rotatable bonds is 2. The summed E-state index contributed by atoms with van der Waals surface area (Å²) in [5.41, 5.74) is 0. The highest BCUT2D eigenvalue weighted by Crippen LogP contribution is 2.26. The highest BCUT2D eigenvalue weighted by molar-refractivity contribution is 5.79. The minimum Gasteiger partial charge on any atom is -0.275 e. The normalized spacial score (nSPS) is 24.2. The third-order valence-electron chi connectivity index (χ3n) is 2.38. The zero-order valence-electron chi connectivity index (χ0n) is 8.78. The van der Waals surface area contributed by atoms with Gasteiger partial charge < -0.3 is 0 Å². The predicted molar refractivity (Wildman–Crippen MR) is 54.0 cm³/mol. The maximum atomic E-state index is 11.8. The number of carbonyl (C=O) groups is 1. The molecule has 1 aliphatic rings. The van der Waals surface area contributed by atoms with E-state index in [0.29, 0.717) is 0 Å². The van der Waals surface area contributed by atoms with Crippen molar-refractivity contribution in [1.29, 1.82) is 0 Å². The molecule has 0 fully saturated rings. The maximum Gasteiger partial charge on any atom is 0.250 e. The molecule has 0 spiro atoms. The fourth-order valence-electron chi connectivity index (χ4n) is 1.55. The first kappa shape index (κ1) is 10.8. The summed E-state index contributed by atoms with van der Waals surface area (Å²) >= 11 is 0. The Morgan fingerprint density at radius 2 is 2.36 bits per heavy atom. The average molecular weight is 193 g/mol. The van der Waals surface area contributed by atoms with Crippen molar-refractivity contribution in [2.75, 3.05) is 14.2 Å². The molecule has 3 nitrogen and oxygen atoms in total. The van der Waals surface area contributed by atoms with E-state index < -0.39 is 0 Å². The van der Waals surface area contributed by atoms with Gasteiger partial charge in [-0.25, -0.2) is 5.06 Å². The zero-order chi connectivity index (χ0) is 10.6. The quantitative estimate of drug-likeness (QED) is 0.375. The number of nitrogens with zero attached hydrogens (tertiary/aromatic N) is 1. The minimum atomic E-state index is -0.0765. The van der Waals surface area contributed by atoms with Crippen LogP contribution >= 0.6 is 0 Å². The van der Waals surface area contributed by atoms with Crippen molar-refractivity contribution in [2.24, 2.45) is 11.8 Å². The van der Waals surface area contributed by atoms with E-state index in [4.69, 9.17) is 4.84 Å². The summed E-state index contributed by atoms with van der Waals surface area (Å²) in [7, 11) is 3.11. The molecule has 76 valence electrons. The first-order valence-electron chi connectivity index (χ1n) is 4.61. The zero-order valence-corrected chi connectivity index (χ0v) is 8.78. The summed E-state index contributed by atoms with van der Waals surface area (Å²) in [5.74, 6) is 5.81. The summed E-state index contributed by atoms with van der Waals surface area (Å²) in [6.07, 6.45) is 4.75. The first-order chi connectivity index (χ1) is 6.70. The van der Waals surface area contributed by atoms with Crippen LogP contribution < -0.4 is 0 Å². The van der Waals surface area contributed by atoms with Gasteiger partial charge in [-0.15, -0.1) is 5.92 Å². The topological polar surface area (TPSA) is 29.5 Å². The van der Waals surface area contributed by atoms with Crippen molar-refractivity contribution >= 4 is 5.91 Å². The molecule has 0 N–H and O–H groups in total. The molecule has 14 heavy (non-hydrogen) atoms. The van der Waals surface area contributed by atoms with Crippen molar-refractivity contribution in [2.45, 2.75) is 13.3 Å². The molecule has 0 unspecified atom stereocenters. The molecule has 0 aromatic heterocycles. The van der Waals surface area contributed by atoms with Gasteiger partial charge in [0.2, 0.25) is 0 Å². The SMILES string of the molecule is CC#C[C@@H]1C=CC[C@H]1C(=O)N(C)OC. The van der Waals surface area contributed by atoms with Crippen molar-refractivity contribution in [1.82, 2.24) is 5.06 Å². The highest BCUT2D eigenvalue weighted by atomic mass is 16.7. The van der Waals surface area contributed by atoms with E-state index >= 15 is 0 Å². The van der Waals surface area contributed by atoms with Crippen molar-refractivity contribution < 1.29 is 9.63 Å². The fraction of sp³-hybridized carbons (Fsp3) is 0.545. The number of allylic oxidation sites excluding steroid dienone is 2. The first-order valence-corrected chi connectivity index (χ1v) is 4.61. The molecule has 3 heteroatoms. The van der Waals surface area contributed by atoms with Crippen LogP contribution in [0.2, 0.25) is 0 Å². The van der Waals surface area contributed by atoms with Gasteiger partial charge in [-0.2, -0.15) is 0 Å². The van der Waals surface area contributed by atoms with Crippen LogP contribution in [0.5, 0.6) is 0 Å². The lowest BCUT2D eigenvalue weighted by Crippen LogP contribution is -2.33. The summed E-state index contributed by atoms with van der Waals surface area (Å²) in [6, 6.07) is 0. The highest BCUT2D eigenvalue weighted by Gasteiger charge is 2.30. The Kier molecular flexibility index (Phi) is 3.73. The van der Waals surface area contributed by atoms with Gasteiger partial charge in [-0.1, -0.05) is 18.1 Å². The molecule has 0 radical (unpaired) electrons. The average Bonchev–Trinajstić information content (AvgIpc) is 2.64. The molecule has 0 bridgehead atoms. The van der Waals surface area contributed by atoms with E-state index in [2.05, 4.69) is 11.8 Å². The Morgan fingerprint density at radius 3 is 2.93 bits per heavy atom. The second kappa shape index (κ2) is 4.83. The monoisotopic (exact) mass is 193 g/mol. The Labute approximate surface area is 84.7 Å². The molecule has 0 saturated carbocycles. The minimum absolute atomic E-state index is 0.00903. The molecule has 0 aromatic carbocycles. The third kappa shape index (κ3) is 2.15. The van der Waals surface area contributed by atoms with Crippen LogP contribution in [0, 0.1) is 23.7 Å². The lowest BCUT2D eigenvalue weighted by molar-refractivity contribution is -0.173. The van der Waals surface area contributed by atoms with Crippen molar-refractivity contribution in [3.05, 3.63) is 12.2 Å². The molecule has 0 aliphatic heterocycles. The van der Waals surface area contributed by atoms with E-state index in [-0.39, 0.29) is 17.7 Å². The maximum absolute atomic E-state index is 11.8. The number of hydrogen-bond donors (Lipinski definition) is 0. The van der Waals surface area contributed by atoms with E-state index in [0.717, 1.165) is 6.42 Å². The second-order valence-electron chi connectivity index (χ2n) is 3.21. The standard InChI is InChI=1S/C11H15NO2/c1-4-6-9-7-5-8-10(9)11(13)12(2)14-3/h5,7,9-10H,8H2,1-3H3/t9-,10-/m1/s1. The van der Waals surface area contributed by atoms with Gasteiger partial charge in [-0.05, 0) is 13.3 Å². The predicted octanol–water partition coefficient (Wildman–Crippen LogP) is 1.22. The lowest BCUT2D eigenvalue weighted by Gasteiger charge is -2.20. The number of carbonyl (C=O) groups excluding carboxylic acids is 1. The summed E-state index contributed by atoms with van der Waals surface area (Å²) in [5, 5.41) is 1.27. The van der Waals surface area contributed by atoms with Crippen LogP contribution in [-0.2, 0) is 9.63 Å². The third-order valence-corrected chi connectivity index (χ3v) is 2.38. The number of hydroxylamine groups is 2. The van der Waals surface area contributed by atoms with Crippen LogP contribution in [0.25, 0.3) is 0 Å². The Hall–Kier alpha value is -1.27. The Bertz CT molecular complexity index is 298. The Balaban J connectivity index is 2.68. The van der Waals surface area contributed by atoms with E-state index in [1.807, 2.05) is 12.2 Å². The molecule has 1 rings (SSSR count). The van der Waals surface area contributed by atoms with Gasteiger partial charge in [0.1, 0.15) is 0 Å². The van der Waals surface area contributed by atoms with Crippen molar-refractivity contribution in [3.8, 4) is 11.8 Å². The van der Waals surface area contributed by atoms with Gasteiger partial charge in [-0.3, -0.25) is 9.63 Å². The molecule has 1 aliphatic carbocycles. The van der Waals surface area contributed by atoms with Gasteiger partial charge in [0, 0.05) is 7.05 Å². The molecule has 0 saturated heterocycles. The van der Waals surface area contributed by atoms with Gasteiger partial charge in [0.15, 0.2) is 0 Å². The van der Waals surface area contributed by atoms with Gasteiger partial charge in [0.25, 0.3) is 5.91 Å². The van der Waals surface area contributed by atoms with Gasteiger partial charge >= 0.3 is 0 Å². The van der Waals surface area contributed by atoms with Crippen LogP contribution in [-0.4, -0.2) is 25.1 Å². The summed E-state index contributed by atoms with van der Waals surface area (Å²) in [4.78, 5) is 16.6. The van der Waals surface area contributed by atoms with Crippen LogP contribution in [0.4, 0.5) is 0 Å². The number of hydrogen-bond acceptors (Lipinski definition) is 2. The summed E-state index contributed by atoms with van der Waals surface area (Å²) in [6.45, 7) is 1.79. The molecule has 0 aromatic rings. The van der Waals surface area contributed by atoms with E-state index in [1.54, 1.807) is 14.0 Å². The smallest absolute Gasteiger partial charge is 0.250 e. The van der Waals surface area contributed by atoms with E-state index in [1.165, 1.54) is 12.2 Å². The molecule has 2 atom stereocenters. The molecule has 0 heterocycles. The Morgan fingerprint density at radius 1 is 1.64 bits per heavy atom. The lowest BCUT2D eigenvalue weighted by atomic mass is 9.95. The van der Waals surface area contributed by atoms with Crippen LogP contribution in [0.3, 0.4) is 0 Å². The number of amides is 1. The van der Waals surface area contributed by atoms with Crippen LogP contribution in [0.1, 0.15) is 13.3 Å². The van der Waals surface area contributed by atoms with Gasteiger partial charge in [0.05, 0.1) is 18.9 Å². The fourth-order valence-corrected chi connectivity index (χ4v) is 1.55. The summed E-state index contributed by atoms with van der Waals surface area (Å²) < 4.78 is 0. The largest absolute Gasteiger partial charge is 0.275 e. The molecular formula is C11H15NO2. The second-order valence-corrected chi connectivity index (χ2v) is 3.21. The van der Waals surface area contributed by atoms with Crippen LogP contribution in [0.15, 0.2) is 12.2 Å². The molecule has 1 amide bonds. The van der Waals surface area contributed by atoms with Crippen molar-refractivity contribution in [3.63, 3.8) is 0 Å². The molecular weight excluding hydrogens is 178 g/mol. The van der Waals surface area contributed by atoms with E-state index in [9.17, 15) is 4.79 Å².